The Labute approximate surface area is 106 Å². The lowest BCUT2D eigenvalue weighted by atomic mass is 9.70. The van der Waals surface area contributed by atoms with Crippen molar-refractivity contribution in [3.63, 3.8) is 0 Å². The lowest BCUT2D eigenvalue weighted by Gasteiger charge is -2.34. The summed E-state index contributed by atoms with van der Waals surface area (Å²) in [6, 6.07) is 0. The summed E-state index contributed by atoms with van der Waals surface area (Å²) in [5.74, 6) is 1.90. The van der Waals surface area contributed by atoms with Crippen molar-refractivity contribution in [2.45, 2.75) is 12.8 Å². The van der Waals surface area contributed by atoms with Gasteiger partial charge in [-0.05, 0) is 30.1 Å². The number of allylic oxidation sites excluding steroid dienone is 3. The first-order valence-electron chi connectivity index (χ1n) is 6.78. The maximum absolute atomic E-state index is 12.6. The van der Waals surface area contributed by atoms with Gasteiger partial charge >= 0.3 is 0 Å². The monoisotopic (exact) mass is 240 g/mol. The minimum atomic E-state index is 0.174. The van der Waals surface area contributed by atoms with Gasteiger partial charge in [-0.2, -0.15) is 0 Å². The normalized spacial score (nSPS) is 51.7. The summed E-state index contributed by atoms with van der Waals surface area (Å²) in [6.45, 7) is 7.79. The molecule has 5 rings (SSSR count). The molecule has 1 heterocycles. The number of amides is 1. The number of carbonyl (C=O) groups is 1. The number of hydrazine groups is 1. The first-order chi connectivity index (χ1) is 8.69. The average molecular weight is 240 g/mol. The van der Waals surface area contributed by atoms with Crippen LogP contribution >= 0.6 is 0 Å². The van der Waals surface area contributed by atoms with Gasteiger partial charge in [0.2, 0.25) is 5.91 Å². The molecule has 5 unspecified atom stereocenters. The van der Waals surface area contributed by atoms with E-state index < -0.39 is 0 Å². The van der Waals surface area contributed by atoms with E-state index >= 15 is 0 Å². The Hall–Kier alpha value is -1.51. The Morgan fingerprint density at radius 1 is 1.44 bits per heavy atom. The molecule has 1 amide bonds. The molecule has 0 radical (unpaired) electrons. The van der Waals surface area contributed by atoms with Crippen LogP contribution in [0, 0.1) is 34.5 Å². The highest BCUT2D eigenvalue weighted by atomic mass is 16.2. The first-order valence-corrected chi connectivity index (χ1v) is 6.78. The lowest BCUT2D eigenvalue weighted by molar-refractivity contribution is -0.132. The van der Waals surface area contributed by atoms with Crippen molar-refractivity contribution >= 4 is 5.91 Å². The molecule has 5 atom stereocenters. The zero-order valence-electron chi connectivity index (χ0n) is 10.2. The van der Waals surface area contributed by atoms with Crippen molar-refractivity contribution in [3.05, 3.63) is 37.2 Å². The fraction of sp³-hybridized carbons (Fsp3) is 0.533. The summed E-state index contributed by atoms with van der Waals surface area (Å²) in [7, 11) is 0. The van der Waals surface area contributed by atoms with Crippen LogP contribution < -0.4 is 5.43 Å². The van der Waals surface area contributed by atoms with E-state index in [1.807, 2.05) is 0 Å². The molecule has 4 aliphatic carbocycles. The molecule has 0 aromatic carbocycles. The van der Waals surface area contributed by atoms with Gasteiger partial charge in [0.05, 0.1) is 5.92 Å². The van der Waals surface area contributed by atoms with Crippen LogP contribution in [0.15, 0.2) is 37.2 Å². The minimum Gasteiger partial charge on any atom is -0.300 e. The summed E-state index contributed by atoms with van der Waals surface area (Å²) in [5, 5.41) is 1.63. The molecule has 0 bridgehead atoms. The quantitative estimate of drug-likeness (QED) is 0.747. The van der Waals surface area contributed by atoms with E-state index in [1.165, 1.54) is 12.8 Å². The molecule has 92 valence electrons. The summed E-state index contributed by atoms with van der Waals surface area (Å²) < 4.78 is 0. The standard InChI is InChI=1S/C15H16N2O/c1-3-16-17-8(2)10-9-4-5-15(9)12(11(10)13(17)18)14(15)6-7-14/h3-5,9-12,16H,1-2,6-7H2. The largest absolute Gasteiger partial charge is 0.300 e. The van der Waals surface area contributed by atoms with Crippen molar-refractivity contribution in [2.75, 3.05) is 0 Å². The van der Waals surface area contributed by atoms with E-state index in [2.05, 4.69) is 30.7 Å². The molecule has 3 saturated carbocycles. The van der Waals surface area contributed by atoms with Crippen molar-refractivity contribution in [1.82, 2.24) is 10.4 Å². The van der Waals surface area contributed by atoms with Gasteiger partial charge < -0.3 is 0 Å². The van der Waals surface area contributed by atoms with E-state index in [0.717, 1.165) is 5.70 Å². The second-order valence-corrected chi connectivity index (χ2v) is 6.50. The Bertz CT molecular complexity index is 559. The maximum atomic E-state index is 12.6. The number of hydrogen-bond donors (Lipinski definition) is 1. The molecule has 18 heavy (non-hydrogen) atoms. The van der Waals surface area contributed by atoms with Crippen LogP contribution in [-0.2, 0) is 4.79 Å². The second kappa shape index (κ2) is 2.31. The molecule has 1 N–H and O–H groups in total. The van der Waals surface area contributed by atoms with Gasteiger partial charge in [-0.25, -0.2) is 5.01 Å². The summed E-state index contributed by atoms with van der Waals surface area (Å²) in [5.41, 5.74) is 4.81. The SMILES string of the molecule is C=CNN1C(=C)C2C(C1=O)C1C3(CC3)C13C=CC23. The van der Waals surface area contributed by atoms with Crippen LogP contribution in [-0.4, -0.2) is 10.9 Å². The van der Waals surface area contributed by atoms with Gasteiger partial charge in [0.15, 0.2) is 0 Å². The summed E-state index contributed by atoms with van der Waals surface area (Å²) in [4.78, 5) is 12.6. The predicted molar refractivity (Wildman–Crippen MR) is 66.5 cm³/mol. The highest BCUT2D eigenvalue weighted by Gasteiger charge is 2.92. The van der Waals surface area contributed by atoms with Gasteiger partial charge in [-0.1, -0.05) is 25.3 Å². The van der Waals surface area contributed by atoms with Crippen LogP contribution in [0.3, 0.4) is 0 Å². The number of nitrogens with zero attached hydrogens (tertiary/aromatic N) is 1. The van der Waals surface area contributed by atoms with E-state index in [4.69, 9.17) is 0 Å². The molecule has 5 aliphatic rings. The van der Waals surface area contributed by atoms with Crippen molar-refractivity contribution < 1.29 is 4.79 Å². The van der Waals surface area contributed by atoms with Crippen LogP contribution in [0.25, 0.3) is 0 Å². The van der Waals surface area contributed by atoms with Crippen LogP contribution in [0.5, 0.6) is 0 Å². The Morgan fingerprint density at radius 3 is 2.78 bits per heavy atom. The molecule has 0 aromatic rings. The van der Waals surface area contributed by atoms with Crippen molar-refractivity contribution in [2.24, 2.45) is 34.5 Å². The molecular weight excluding hydrogens is 224 g/mol. The third-order valence-corrected chi connectivity index (χ3v) is 6.34. The topological polar surface area (TPSA) is 32.3 Å². The van der Waals surface area contributed by atoms with E-state index in [1.54, 1.807) is 11.2 Å². The molecule has 1 aliphatic heterocycles. The van der Waals surface area contributed by atoms with Gasteiger partial charge in [0.1, 0.15) is 0 Å². The van der Waals surface area contributed by atoms with Crippen LogP contribution in [0.4, 0.5) is 0 Å². The number of carbonyl (C=O) groups excluding carboxylic acids is 1. The number of hydrogen-bond acceptors (Lipinski definition) is 2. The molecule has 3 nitrogen and oxygen atoms in total. The Kier molecular flexibility index (Phi) is 1.21. The molecule has 0 aromatic heterocycles. The fourth-order valence-corrected chi connectivity index (χ4v) is 5.66. The third-order valence-electron chi connectivity index (χ3n) is 6.34. The number of rotatable bonds is 2. The van der Waals surface area contributed by atoms with E-state index in [9.17, 15) is 4.79 Å². The van der Waals surface area contributed by atoms with Gasteiger partial charge in [0.25, 0.3) is 0 Å². The summed E-state index contributed by atoms with van der Waals surface area (Å²) >= 11 is 0. The Morgan fingerprint density at radius 2 is 2.22 bits per heavy atom. The molecular formula is C15H16N2O. The zero-order chi connectivity index (χ0) is 12.3. The fourth-order valence-electron chi connectivity index (χ4n) is 5.66. The molecule has 1 saturated heterocycles. The van der Waals surface area contributed by atoms with E-state index in [-0.39, 0.29) is 11.8 Å². The zero-order valence-corrected chi connectivity index (χ0v) is 10.2. The average Bonchev–Trinajstić information content (AvgIpc) is 3.18. The smallest absolute Gasteiger partial charge is 0.249 e. The highest BCUT2D eigenvalue weighted by molar-refractivity contribution is 5.87. The lowest BCUT2D eigenvalue weighted by Crippen LogP contribution is -2.36. The van der Waals surface area contributed by atoms with Gasteiger partial charge in [-0.3, -0.25) is 10.2 Å². The first kappa shape index (κ1) is 9.42. The molecule has 3 heteroatoms. The number of fused-ring (bicyclic) bond motifs is 4. The van der Waals surface area contributed by atoms with Gasteiger partial charge in [-0.15, -0.1) is 0 Å². The number of nitrogens with one attached hydrogen (secondary N) is 1. The Balaban J connectivity index is 1.61. The van der Waals surface area contributed by atoms with Crippen molar-refractivity contribution in [1.29, 1.82) is 0 Å². The summed E-state index contributed by atoms with van der Waals surface area (Å²) in [6.07, 6.45) is 8.95. The molecule has 2 spiro atoms. The van der Waals surface area contributed by atoms with Gasteiger partial charge in [0, 0.05) is 23.2 Å². The minimum absolute atomic E-state index is 0.174. The predicted octanol–water partition coefficient (Wildman–Crippen LogP) is 1.82. The maximum Gasteiger partial charge on any atom is 0.249 e. The van der Waals surface area contributed by atoms with Crippen molar-refractivity contribution in [3.8, 4) is 0 Å². The second-order valence-electron chi connectivity index (χ2n) is 6.50. The highest BCUT2D eigenvalue weighted by Crippen LogP contribution is 2.95. The third kappa shape index (κ3) is 0.615. The van der Waals surface area contributed by atoms with Crippen LogP contribution in [0.2, 0.25) is 0 Å². The van der Waals surface area contributed by atoms with Crippen LogP contribution in [0.1, 0.15) is 12.8 Å². The molecule has 4 fully saturated rings. The van der Waals surface area contributed by atoms with E-state index in [0.29, 0.717) is 28.6 Å².